The monoisotopic (exact) mass is 317 g/mol. The van der Waals surface area contributed by atoms with Crippen molar-refractivity contribution >= 4 is 17.2 Å². The van der Waals surface area contributed by atoms with Gasteiger partial charge in [0.15, 0.2) is 0 Å². The van der Waals surface area contributed by atoms with Crippen molar-refractivity contribution in [3.05, 3.63) is 46.7 Å². The Morgan fingerprint density at radius 3 is 3.18 bits per heavy atom. The number of thiophene rings is 1. The molecule has 22 heavy (non-hydrogen) atoms. The molecule has 1 aliphatic rings. The second-order valence-electron chi connectivity index (χ2n) is 5.31. The summed E-state index contributed by atoms with van der Waals surface area (Å²) in [5.41, 5.74) is 0.957. The molecule has 0 aliphatic carbocycles. The maximum Gasteiger partial charge on any atom is 0.228 e. The Balaban J connectivity index is 1.59. The van der Waals surface area contributed by atoms with E-state index in [0.29, 0.717) is 26.2 Å². The number of carbonyl (C=O) groups is 1. The van der Waals surface area contributed by atoms with E-state index in [1.807, 2.05) is 22.4 Å². The molecule has 0 aromatic carbocycles. The molecule has 0 bridgehead atoms. The molecule has 5 nitrogen and oxygen atoms in total. The number of rotatable bonds is 5. The smallest absolute Gasteiger partial charge is 0.228 e. The molecule has 116 valence electrons. The van der Waals surface area contributed by atoms with Crippen LogP contribution in [-0.4, -0.2) is 46.6 Å². The lowest BCUT2D eigenvalue weighted by atomic mass is 10.1. The first-order valence-corrected chi connectivity index (χ1v) is 8.35. The number of aromatic nitrogens is 2. The predicted octanol–water partition coefficient (Wildman–Crippen LogP) is 1.94. The Hall–Kier alpha value is -1.79. The summed E-state index contributed by atoms with van der Waals surface area (Å²) in [5, 5.41) is 2.01. The van der Waals surface area contributed by atoms with Crippen molar-refractivity contribution in [3.63, 3.8) is 0 Å². The molecular weight excluding hydrogens is 298 g/mol. The van der Waals surface area contributed by atoms with E-state index in [0.717, 1.165) is 23.4 Å². The van der Waals surface area contributed by atoms with E-state index >= 15 is 0 Å². The average molecular weight is 317 g/mol. The maximum absolute atomic E-state index is 12.5. The number of carbonyl (C=O) groups excluding carboxylic acids is 1. The summed E-state index contributed by atoms with van der Waals surface area (Å²) in [6.07, 6.45) is 7.30. The molecule has 2 aromatic heterocycles. The van der Waals surface area contributed by atoms with Gasteiger partial charge < -0.3 is 9.64 Å². The number of amides is 1. The van der Waals surface area contributed by atoms with Crippen molar-refractivity contribution in [1.82, 2.24) is 14.9 Å². The van der Waals surface area contributed by atoms with Gasteiger partial charge in [0.2, 0.25) is 5.91 Å². The van der Waals surface area contributed by atoms with Crippen molar-refractivity contribution in [2.45, 2.75) is 25.3 Å². The quantitative estimate of drug-likeness (QED) is 0.846. The topological polar surface area (TPSA) is 55.3 Å². The molecule has 0 saturated carbocycles. The van der Waals surface area contributed by atoms with Gasteiger partial charge in [-0.05, 0) is 24.3 Å². The Labute approximate surface area is 134 Å². The highest BCUT2D eigenvalue weighted by molar-refractivity contribution is 7.10. The zero-order valence-corrected chi connectivity index (χ0v) is 13.2. The molecule has 0 unspecified atom stereocenters. The Morgan fingerprint density at radius 1 is 1.45 bits per heavy atom. The highest BCUT2D eigenvalue weighted by Crippen LogP contribution is 2.17. The molecule has 1 saturated heterocycles. The largest absolute Gasteiger partial charge is 0.377 e. The lowest BCUT2D eigenvalue weighted by Gasteiger charge is -2.35. The Kier molecular flexibility index (Phi) is 5.13. The van der Waals surface area contributed by atoms with Crippen molar-refractivity contribution in [3.8, 4) is 0 Å². The van der Waals surface area contributed by atoms with E-state index in [9.17, 15) is 4.79 Å². The van der Waals surface area contributed by atoms with Crippen LogP contribution in [0.15, 0.2) is 36.1 Å². The number of aryl methyl sites for hydroxylation is 1. The Bertz CT molecular complexity index is 589. The van der Waals surface area contributed by atoms with E-state index in [2.05, 4.69) is 9.97 Å². The molecule has 2 aromatic rings. The standard InChI is InChI=1S/C16H19N3O2S/c20-16(10-15-2-1-9-22-15)19-7-8-21-12-14(19)4-3-13-11-17-5-6-18-13/h1-2,5-6,9,11,14H,3-4,7-8,10,12H2/t14-/m0/s1. The number of morpholine rings is 1. The van der Waals surface area contributed by atoms with Crippen LogP contribution in [0.3, 0.4) is 0 Å². The van der Waals surface area contributed by atoms with Gasteiger partial charge >= 0.3 is 0 Å². The molecule has 6 heteroatoms. The van der Waals surface area contributed by atoms with Crippen molar-refractivity contribution in [2.75, 3.05) is 19.8 Å². The summed E-state index contributed by atoms with van der Waals surface area (Å²) in [6, 6.07) is 4.12. The molecule has 1 atom stereocenters. The van der Waals surface area contributed by atoms with Gasteiger partial charge in [-0.3, -0.25) is 14.8 Å². The second kappa shape index (κ2) is 7.47. The van der Waals surface area contributed by atoms with Crippen LogP contribution in [0.2, 0.25) is 0 Å². The van der Waals surface area contributed by atoms with Gasteiger partial charge in [0.25, 0.3) is 0 Å². The maximum atomic E-state index is 12.5. The van der Waals surface area contributed by atoms with Crippen molar-refractivity contribution in [2.24, 2.45) is 0 Å². The lowest BCUT2D eigenvalue weighted by Crippen LogP contribution is -2.49. The van der Waals surface area contributed by atoms with Gasteiger partial charge in [-0.1, -0.05) is 6.07 Å². The van der Waals surface area contributed by atoms with Gasteiger partial charge in [-0.25, -0.2) is 0 Å². The number of nitrogens with zero attached hydrogens (tertiary/aromatic N) is 3. The fourth-order valence-electron chi connectivity index (χ4n) is 2.66. The minimum Gasteiger partial charge on any atom is -0.377 e. The van der Waals surface area contributed by atoms with E-state index in [1.54, 1.807) is 29.9 Å². The third kappa shape index (κ3) is 3.90. The van der Waals surface area contributed by atoms with E-state index in [4.69, 9.17) is 4.74 Å². The first-order chi connectivity index (χ1) is 10.8. The van der Waals surface area contributed by atoms with Gasteiger partial charge in [0, 0.05) is 30.0 Å². The third-order valence-electron chi connectivity index (χ3n) is 3.80. The van der Waals surface area contributed by atoms with E-state index in [1.165, 1.54) is 0 Å². The van der Waals surface area contributed by atoms with Crippen LogP contribution in [-0.2, 0) is 22.4 Å². The summed E-state index contributed by atoms with van der Waals surface area (Å²) >= 11 is 1.63. The van der Waals surface area contributed by atoms with E-state index < -0.39 is 0 Å². The first kappa shape index (κ1) is 15.1. The highest BCUT2D eigenvalue weighted by atomic mass is 32.1. The molecule has 3 heterocycles. The molecule has 0 radical (unpaired) electrons. The normalized spacial score (nSPS) is 18.4. The molecule has 0 N–H and O–H groups in total. The molecular formula is C16H19N3O2S. The number of hydrogen-bond acceptors (Lipinski definition) is 5. The molecule has 1 amide bonds. The number of hydrogen-bond donors (Lipinski definition) is 0. The van der Waals surface area contributed by atoms with Crippen molar-refractivity contribution in [1.29, 1.82) is 0 Å². The summed E-state index contributed by atoms with van der Waals surface area (Å²) < 4.78 is 5.56. The fourth-order valence-corrected chi connectivity index (χ4v) is 3.36. The summed E-state index contributed by atoms with van der Waals surface area (Å²) in [6.45, 7) is 1.91. The lowest BCUT2D eigenvalue weighted by molar-refractivity contribution is -0.139. The zero-order chi connectivity index (χ0) is 15.2. The van der Waals surface area contributed by atoms with Crippen LogP contribution in [0.1, 0.15) is 17.0 Å². The average Bonchev–Trinajstić information content (AvgIpc) is 3.07. The second-order valence-corrected chi connectivity index (χ2v) is 6.34. The summed E-state index contributed by atoms with van der Waals surface area (Å²) in [4.78, 5) is 24.0. The minimum atomic E-state index is 0.128. The zero-order valence-electron chi connectivity index (χ0n) is 12.4. The molecule has 1 fully saturated rings. The van der Waals surface area contributed by atoms with Crippen LogP contribution in [0.5, 0.6) is 0 Å². The van der Waals surface area contributed by atoms with Gasteiger partial charge in [-0.2, -0.15) is 0 Å². The minimum absolute atomic E-state index is 0.128. The highest BCUT2D eigenvalue weighted by Gasteiger charge is 2.27. The fraction of sp³-hybridized carbons (Fsp3) is 0.438. The van der Waals surface area contributed by atoms with Crippen LogP contribution in [0, 0.1) is 0 Å². The van der Waals surface area contributed by atoms with Crippen molar-refractivity contribution < 1.29 is 9.53 Å². The summed E-state index contributed by atoms with van der Waals surface area (Å²) in [5.74, 6) is 0.190. The molecule has 1 aliphatic heterocycles. The van der Waals surface area contributed by atoms with Gasteiger partial charge in [0.1, 0.15) is 0 Å². The number of ether oxygens (including phenoxy) is 1. The van der Waals surface area contributed by atoms with Crippen LogP contribution < -0.4 is 0 Å². The SMILES string of the molecule is O=C(Cc1cccs1)N1CCOC[C@@H]1CCc1cnccn1. The Morgan fingerprint density at radius 2 is 2.41 bits per heavy atom. The van der Waals surface area contributed by atoms with Crippen LogP contribution in [0.25, 0.3) is 0 Å². The third-order valence-corrected chi connectivity index (χ3v) is 4.68. The van der Waals surface area contributed by atoms with Gasteiger partial charge in [-0.15, -0.1) is 11.3 Å². The summed E-state index contributed by atoms with van der Waals surface area (Å²) in [7, 11) is 0. The molecule has 0 spiro atoms. The van der Waals surface area contributed by atoms with Crippen LogP contribution >= 0.6 is 11.3 Å². The van der Waals surface area contributed by atoms with E-state index in [-0.39, 0.29) is 11.9 Å². The van der Waals surface area contributed by atoms with Gasteiger partial charge in [0.05, 0.1) is 31.4 Å². The van der Waals surface area contributed by atoms with Crippen LogP contribution in [0.4, 0.5) is 0 Å². The first-order valence-electron chi connectivity index (χ1n) is 7.47. The predicted molar refractivity (Wildman–Crippen MR) is 84.7 cm³/mol. The molecule has 3 rings (SSSR count).